The maximum Gasteiger partial charge on any atom is 0.225 e. The maximum atomic E-state index is 12.4. The zero-order valence-corrected chi connectivity index (χ0v) is 12.4. The Labute approximate surface area is 126 Å². The van der Waals surface area contributed by atoms with Crippen LogP contribution in [0.4, 0.5) is 0 Å². The predicted octanol–water partition coefficient (Wildman–Crippen LogP) is 1.90. The number of benzene rings is 1. The van der Waals surface area contributed by atoms with Crippen molar-refractivity contribution < 1.29 is 9.53 Å². The zero-order valence-electron chi connectivity index (χ0n) is 12.4. The van der Waals surface area contributed by atoms with Crippen molar-refractivity contribution in [2.45, 2.75) is 43.7 Å². The Hall–Kier alpha value is -1.39. The third kappa shape index (κ3) is 3.44. The fourth-order valence-electron chi connectivity index (χ4n) is 3.38. The van der Waals surface area contributed by atoms with Gasteiger partial charge in [0.2, 0.25) is 5.91 Å². The van der Waals surface area contributed by atoms with Crippen LogP contribution in [0.25, 0.3) is 0 Å². The number of nitrogens with two attached hydrogens (primary N) is 1. The van der Waals surface area contributed by atoms with Crippen molar-refractivity contribution in [1.29, 1.82) is 0 Å². The summed E-state index contributed by atoms with van der Waals surface area (Å²) in [5.74, 6) is 0.443. The van der Waals surface area contributed by atoms with Crippen LogP contribution in [0.2, 0.25) is 0 Å². The van der Waals surface area contributed by atoms with Gasteiger partial charge in [0.15, 0.2) is 0 Å². The molecule has 1 unspecified atom stereocenters. The number of hydrogen-bond acceptors (Lipinski definition) is 3. The summed E-state index contributed by atoms with van der Waals surface area (Å²) in [6.45, 7) is 2.19. The van der Waals surface area contributed by atoms with Gasteiger partial charge in [-0.05, 0) is 24.8 Å². The Kier molecular flexibility index (Phi) is 4.56. The van der Waals surface area contributed by atoms with Gasteiger partial charge in [0, 0.05) is 31.7 Å². The van der Waals surface area contributed by atoms with E-state index in [1.807, 2.05) is 23.1 Å². The SMILES string of the molecule is N[C@@H]1CN(C(=O)CC2CCCCO2)C[C@H]1c1ccccc1. The Morgan fingerprint density at radius 2 is 2.05 bits per heavy atom. The van der Waals surface area contributed by atoms with Crippen molar-refractivity contribution in [2.75, 3.05) is 19.7 Å². The van der Waals surface area contributed by atoms with E-state index in [4.69, 9.17) is 10.5 Å². The van der Waals surface area contributed by atoms with Crippen LogP contribution >= 0.6 is 0 Å². The second-order valence-corrected chi connectivity index (χ2v) is 6.17. The minimum atomic E-state index is 0.0311. The molecule has 2 heterocycles. The van der Waals surface area contributed by atoms with Crippen molar-refractivity contribution in [1.82, 2.24) is 4.90 Å². The van der Waals surface area contributed by atoms with E-state index in [0.29, 0.717) is 13.0 Å². The number of ether oxygens (including phenoxy) is 1. The number of hydrogen-bond donors (Lipinski definition) is 1. The molecule has 4 nitrogen and oxygen atoms in total. The molecule has 21 heavy (non-hydrogen) atoms. The highest BCUT2D eigenvalue weighted by molar-refractivity contribution is 5.77. The van der Waals surface area contributed by atoms with Crippen LogP contribution in [0.15, 0.2) is 30.3 Å². The van der Waals surface area contributed by atoms with E-state index in [0.717, 1.165) is 26.0 Å². The molecule has 1 amide bonds. The fraction of sp³-hybridized carbons (Fsp3) is 0.588. The average Bonchev–Trinajstić information content (AvgIpc) is 2.91. The maximum absolute atomic E-state index is 12.4. The highest BCUT2D eigenvalue weighted by Gasteiger charge is 2.34. The third-order valence-corrected chi connectivity index (χ3v) is 4.62. The molecule has 2 N–H and O–H groups in total. The molecule has 0 radical (unpaired) electrons. The number of rotatable bonds is 3. The minimum absolute atomic E-state index is 0.0311. The summed E-state index contributed by atoms with van der Waals surface area (Å²) in [6.07, 6.45) is 3.92. The lowest BCUT2D eigenvalue weighted by atomic mass is 9.95. The van der Waals surface area contributed by atoms with Crippen LogP contribution in [0, 0.1) is 0 Å². The molecule has 1 aromatic carbocycles. The van der Waals surface area contributed by atoms with Gasteiger partial charge in [-0.3, -0.25) is 4.79 Å². The Bertz CT molecular complexity index is 471. The van der Waals surface area contributed by atoms with Gasteiger partial charge in [-0.25, -0.2) is 0 Å². The van der Waals surface area contributed by atoms with Gasteiger partial charge >= 0.3 is 0 Å². The fourth-order valence-corrected chi connectivity index (χ4v) is 3.38. The second kappa shape index (κ2) is 6.58. The Morgan fingerprint density at radius 3 is 2.76 bits per heavy atom. The van der Waals surface area contributed by atoms with E-state index in [-0.39, 0.29) is 24.0 Å². The molecular formula is C17H24N2O2. The molecule has 3 rings (SSSR count). The van der Waals surface area contributed by atoms with E-state index in [2.05, 4.69) is 12.1 Å². The van der Waals surface area contributed by atoms with Gasteiger partial charge in [0.1, 0.15) is 0 Å². The monoisotopic (exact) mass is 288 g/mol. The second-order valence-electron chi connectivity index (χ2n) is 6.17. The molecule has 2 saturated heterocycles. The van der Waals surface area contributed by atoms with Gasteiger partial charge < -0.3 is 15.4 Å². The van der Waals surface area contributed by atoms with Gasteiger partial charge in [0.25, 0.3) is 0 Å². The van der Waals surface area contributed by atoms with Crippen LogP contribution < -0.4 is 5.73 Å². The molecule has 4 heteroatoms. The Balaban J connectivity index is 1.58. The predicted molar refractivity (Wildman–Crippen MR) is 81.9 cm³/mol. The summed E-state index contributed by atoms with van der Waals surface area (Å²) in [4.78, 5) is 14.3. The van der Waals surface area contributed by atoms with Crippen molar-refractivity contribution in [3.63, 3.8) is 0 Å². The smallest absolute Gasteiger partial charge is 0.225 e. The molecule has 3 atom stereocenters. The topological polar surface area (TPSA) is 55.6 Å². The summed E-state index contributed by atoms with van der Waals surface area (Å²) >= 11 is 0. The van der Waals surface area contributed by atoms with E-state index in [1.54, 1.807) is 0 Å². The standard InChI is InChI=1S/C17H24N2O2/c18-16-12-19(11-15(16)13-6-2-1-3-7-13)17(20)10-14-8-4-5-9-21-14/h1-3,6-7,14-16H,4-5,8-12,18H2/t14?,15-,16+/m0/s1. The molecule has 2 aliphatic rings. The first-order chi connectivity index (χ1) is 10.2. The first kappa shape index (κ1) is 14.5. The minimum Gasteiger partial charge on any atom is -0.378 e. The molecule has 0 spiro atoms. The molecule has 2 aliphatic heterocycles. The van der Waals surface area contributed by atoms with Gasteiger partial charge in [-0.15, -0.1) is 0 Å². The summed E-state index contributed by atoms with van der Waals surface area (Å²) < 4.78 is 5.67. The van der Waals surface area contributed by atoms with Crippen LogP contribution in [0.5, 0.6) is 0 Å². The van der Waals surface area contributed by atoms with Crippen molar-refractivity contribution >= 4 is 5.91 Å². The first-order valence-electron chi connectivity index (χ1n) is 7.94. The first-order valence-corrected chi connectivity index (χ1v) is 7.94. The van der Waals surface area contributed by atoms with Crippen LogP contribution in [-0.2, 0) is 9.53 Å². The van der Waals surface area contributed by atoms with Crippen molar-refractivity contribution in [2.24, 2.45) is 5.73 Å². The highest BCUT2D eigenvalue weighted by atomic mass is 16.5. The number of carbonyl (C=O) groups is 1. The average molecular weight is 288 g/mol. The van der Waals surface area contributed by atoms with Crippen LogP contribution in [0.1, 0.15) is 37.2 Å². The molecule has 2 fully saturated rings. The van der Waals surface area contributed by atoms with E-state index in [9.17, 15) is 4.79 Å². The Morgan fingerprint density at radius 1 is 1.24 bits per heavy atom. The molecule has 0 aliphatic carbocycles. The summed E-state index contributed by atoms with van der Waals surface area (Å²) in [6, 6.07) is 10.3. The van der Waals surface area contributed by atoms with Crippen molar-refractivity contribution in [3.8, 4) is 0 Å². The quantitative estimate of drug-likeness (QED) is 0.924. The summed E-state index contributed by atoms with van der Waals surface area (Å²) in [5.41, 5.74) is 7.48. The zero-order chi connectivity index (χ0) is 14.7. The third-order valence-electron chi connectivity index (χ3n) is 4.62. The molecular weight excluding hydrogens is 264 g/mol. The molecule has 1 aromatic rings. The summed E-state index contributed by atoms with van der Waals surface area (Å²) in [7, 11) is 0. The molecule has 114 valence electrons. The number of nitrogens with zero attached hydrogens (tertiary/aromatic N) is 1. The van der Waals surface area contributed by atoms with E-state index < -0.39 is 0 Å². The van der Waals surface area contributed by atoms with Crippen LogP contribution in [-0.4, -0.2) is 42.6 Å². The van der Waals surface area contributed by atoms with Gasteiger partial charge in [-0.2, -0.15) is 0 Å². The number of amides is 1. The summed E-state index contributed by atoms with van der Waals surface area (Å²) in [5, 5.41) is 0. The number of likely N-dealkylation sites (tertiary alicyclic amines) is 1. The molecule has 0 saturated carbocycles. The highest BCUT2D eigenvalue weighted by Crippen LogP contribution is 2.27. The molecule has 0 aromatic heterocycles. The lowest BCUT2D eigenvalue weighted by Gasteiger charge is -2.24. The van der Waals surface area contributed by atoms with Gasteiger partial charge in [-0.1, -0.05) is 30.3 Å². The van der Waals surface area contributed by atoms with Crippen LogP contribution in [0.3, 0.4) is 0 Å². The normalized spacial score (nSPS) is 29.6. The van der Waals surface area contributed by atoms with E-state index >= 15 is 0 Å². The lowest BCUT2D eigenvalue weighted by molar-refractivity contribution is -0.134. The largest absolute Gasteiger partial charge is 0.378 e. The lowest BCUT2D eigenvalue weighted by Crippen LogP contribution is -2.35. The number of carbonyl (C=O) groups excluding carboxylic acids is 1. The van der Waals surface area contributed by atoms with Crippen molar-refractivity contribution in [3.05, 3.63) is 35.9 Å². The van der Waals surface area contributed by atoms with E-state index in [1.165, 1.54) is 12.0 Å². The van der Waals surface area contributed by atoms with Gasteiger partial charge in [0.05, 0.1) is 12.5 Å². The molecule has 0 bridgehead atoms.